The van der Waals surface area contributed by atoms with Gasteiger partial charge in [0.05, 0.1) is 7.11 Å². The van der Waals surface area contributed by atoms with Crippen molar-refractivity contribution in [3.63, 3.8) is 0 Å². The van der Waals surface area contributed by atoms with E-state index in [0.717, 1.165) is 0 Å². The van der Waals surface area contributed by atoms with Gasteiger partial charge in [0.15, 0.2) is 11.8 Å². The third-order valence-electron chi connectivity index (χ3n) is 2.83. The molecule has 122 valence electrons. The van der Waals surface area contributed by atoms with Crippen molar-refractivity contribution in [2.45, 2.75) is 45.8 Å². The Balaban J connectivity index is 3.06. The van der Waals surface area contributed by atoms with Gasteiger partial charge >= 0.3 is 12.1 Å². The second kappa shape index (κ2) is 6.21. The average molecular weight is 311 g/mol. The third kappa shape index (κ3) is 4.09. The number of hydrogen-bond donors (Lipinski definition) is 1. The van der Waals surface area contributed by atoms with Crippen LogP contribution in [0.4, 0.5) is 4.79 Å². The van der Waals surface area contributed by atoms with E-state index >= 15 is 0 Å². The van der Waals surface area contributed by atoms with E-state index < -0.39 is 23.2 Å². The van der Waals surface area contributed by atoms with Gasteiger partial charge in [-0.25, -0.2) is 9.59 Å². The highest BCUT2D eigenvalue weighted by Gasteiger charge is 2.35. The van der Waals surface area contributed by atoms with Gasteiger partial charge in [-0.05, 0) is 40.7 Å². The Bertz CT molecular complexity index is 583. The minimum atomic E-state index is -1.46. The number of methoxy groups -OCH3 is 1. The molecule has 0 bridgehead atoms. The normalized spacial score (nSPS) is 13.9. The summed E-state index contributed by atoms with van der Waals surface area (Å²) >= 11 is 0. The quantitative estimate of drug-likeness (QED) is 0.677. The van der Waals surface area contributed by atoms with Crippen molar-refractivity contribution in [1.82, 2.24) is 5.32 Å². The monoisotopic (exact) mass is 311 g/mol. The number of furan rings is 1. The van der Waals surface area contributed by atoms with E-state index in [-0.39, 0.29) is 11.3 Å². The highest BCUT2D eigenvalue weighted by atomic mass is 16.6. The standard InChI is InChI=1S/C15H21NO6/c1-9-10(12(18)20-6)7-11(21-9)15(5,8-17)16-13(19)22-14(2,3)4/h7-8H,1-6H3,(H,16,19). The van der Waals surface area contributed by atoms with E-state index in [4.69, 9.17) is 9.15 Å². The second-order valence-corrected chi connectivity index (χ2v) is 6.02. The first-order valence-corrected chi connectivity index (χ1v) is 6.69. The zero-order valence-corrected chi connectivity index (χ0v) is 13.6. The van der Waals surface area contributed by atoms with Gasteiger partial charge in [-0.1, -0.05) is 0 Å². The maximum atomic E-state index is 11.9. The number of aldehydes is 1. The third-order valence-corrected chi connectivity index (χ3v) is 2.83. The molecule has 1 aromatic heterocycles. The van der Waals surface area contributed by atoms with Gasteiger partial charge in [-0.2, -0.15) is 0 Å². The van der Waals surface area contributed by atoms with Crippen molar-refractivity contribution >= 4 is 18.3 Å². The molecular formula is C15H21NO6. The van der Waals surface area contributed by atoms with E-state index in [9.17, 15) is 14.4 Å². The first-order valence-electron chi connectivity index (χ1n) is 6.69. The van der Waals surface area contributed by atoms with Gasteiger partial charge in [0, 0.05) is 0 Å². The molecule has 1 atom stereocenters. The van der Waals surface area contributed by atoms with E-state index in [2.05, 4.69) is 10.1 Å². The molecular weight excluding hydrogens is 290 g/mol. The topological polar surface area (TPSA) is 94.8 Å². The molecule has 0 radical (unpaired) electrons. The van der Waals surface area contributed by atoms with E-state index in [1.807, 2.05) is 0 Å². The number of nitrogens with one attached hydrogen (secondary N) is 1. The zero-order valence-electron chi connectivity index (χ0n) is 13.6. The van der Waals surface area contributed by atoms with Crippen LogP contribution in [0.5, 0.6) is 0 Å². The number of esters is 1. The van der Waals surface area contributed by atoms with Gasteiger partial charge in [0.25, 0.3) is 0 Å². The van der Waals surface area contributed by atoms with Crippen LogP contribution < -0.4 is 5.32 Å². The largest absolute Gasteiger partial charge is 0.465 e. The van der Waals surface area contributed by atoms with Crippen LogP contribution in [0.3, 0.4) is 0 Å². The SMILES string of the molecule is COC(=O)c1cc(C(C)(C=O)NC(=O)OC(C)(C)C)oc1C. The molecule has 1 heterocycles. The molecule has 0 aliphatic carbocycles. The number of carbonyl (C=O) groups excluding carboxylic acids is 3. The predicted molar refractivity (Wildman–Crippen MR) is 77.6 cm³/mol. The van der Waals surface area contributed by atoms with Crippen molar-refractivity contribution in [3.8, 4) is 0 Å². The lowest BCUT2D eigenvalue weighted by molar-refractivity contribution is -0.113. The van der Waals surface area contributed by atoms with Crippen LogP contribution in [-0.2, 0) is 19.8 Å². The minimum absolute atomic E-state index is 0.117. The maximum Gasteiger partial charge on any atom is 0.408 e. The summed E-state index contributed by atoms with van der Waals surface area (Å²) < 4.78 is 15.2. The van der Waals surface area contributed by atoms with Crippen LogP contribution in [-0.4, -0.2) is 31.1 Å². The number of ether oxygens (including phenoxy) is 2. The Hall–Kier alpha value is -2.31. The Morgan fingerprint density at radius 3 is 2.32 bits per heavy atom. The van der Waals surface area contributed by atoms with E-state index in [1.54, 1.807) is 27.7 Å². The fourth-order valence-electron chi connectivity index (χ4n) is 1.72. The van der Waals surface area contributed by atoms with Crippen molar-refractivity contribution in [2.75, 3.05) is 7.11 Å². The maximum absolute atomic E-state index is 11.9. The summed E-state index contributed by atoms with van der Waals surface area (Å²) in [6.45, 7) is 8.13. The molecule has 1 unspecified atom stereocenters. The fourth-order valence-corrected chi connectivity index (χ4v) is 1.72. The molecule has 1 rings (SSSR count). The Morgan fingerprint density at radius 2 is 1.86 bits per heavy atom. The lowest BCUT2D eigenvalue weighted by Gasteiger charge is -2.26. The van der Waals surface area contributed by atoms with Gasteiger partial charge < -0.3 is 24.0 Å². The number of alkyl carbamates (subject to hydrolysis) is 1. The van der Waals surface area contributed by atoms with Gasteiger partial charge in [0.1, 0.15) is 22.7 Å². The molecule has 1 amide bonds. The van der Waals surface area contributed by atoms with Crippen LogP contribution in [0.15, 0.2) is 10.5 Å². The lowest BCUT2D eigenvalue weighted by atomic mass is 10.0. The van der Waals surface area contributed by atoms with Gasteiger partial charge in [0.2, 0.25) is 0 Å². The minimum Gasteiger partial charge on any atom is -0.465 e. The molecule has 22 heavy (non-hydrogen) atoms. The van der Waals surface area contributed by atoms with Crippen LogP contribution >= 0.6 is 0 Å². The average Bonchev–Trinajstić information content (AvgIpc) is 2.78. The Labute approximate surface area is 129 Å². The molecule has 1 aromatic rings. The van der Waals surface area contributed by atoms with Gasteiger partial charge in [-0.15, -0.1) is 0 Å². The van der Waals surface area contributed by atoms with Crippen molar-refractivity contribution in [1.29, 1.82) is 0 Å². The van der Waals surface area contributed by atoms with Crippen molar-refractivity contribution in [3.05, 3.63) is 23.2 Å². The molecule has 1 N–H and O–H groups in total. The summed E-state index contributed by atoms with van der Waals surface area (Å²) in [5.74, 6) is -0.176. The summed E-state index contributed by atoms with van der Waals surface area (Å²) in [6.07, 6.45) is -0.258. The first kappa shape index (κ1) is 17.7. The predicted octanol–water partition coefficient (Wildman–Crippen LogP) is 2.31. The Morgan fingerprint density at radius 1 is 1.27 bits per heavy atom. The summed E-state index contributed by atoms with van der Waals surface area (Å²) in [4.78, 5) is 34.9. The molecule has 0 saturated carbocycles. The molecule has 0 fully saturated rings. The smallest absolute Gasteiger partial charge is 0.408 e. The fraction of sp³-hybridized carbons (Fsp3) is 0.533. The molecule has 0 spiro atoms. The van der Waals surface area contributed by atoms with E-state index in [1.165, 1.54) is 20.1 Å². The lowest BCUT2D eigenvalue weighted by Crippen LogP contribution is -2.46. The summed E-state index contributed by atoms with van der Waals surface area (Å²) in [6, 6.07) is 1.37. The van der Waals surface area contributed by atoms with Gasteiger partial charge in [-0.3, -0.25) is 0 Å². The molecule has 0 saturated heterocycles. The summed E-state index contributed by atoms with van der Waals surface area (Å²) in [7, 11) is 1.24. The molecule has 0 aliphatic heterocycles. The van der Waals surface area contributed by atoms with Crippen molar-refractivity contribution in [2.24, 2.45) is 0 Å². The number of carbonyl (C=O) groups is 3. The van der Waals surface area contributed by atoms with Crippen LogP contribution in [0.25, 0.3) is 0 Å². The van der Waals surface area contributed by atoms with Crippen LogP contribution in [0.1, 0.15) is 49.6 Å². The number of aryl methyl sites for hydroxylation is 1. The van der Waals surface area contributed by atoms with Crippen LogP contribution in [0.2, 0.25) is 0 Å². The first-order chi connectivity index (χ1) is 10.0. The molecule has 0 aromatic carbocycles. The van der Waals surface area contributed by atoms with Crippen LogP contribution in [0, 0.1) is 6.92 Å². The second-order valence-electron chi connectivity index (χ2n) is 6.02. The molecule has 7 heteroatoms. The highest BCUT2D eigenvalue weighted by Crippen LogP contribution is 2.25. The number of hydrogen-bond acceptors (Lipinski definition) is 6. The summed E-state index contributed by atoms with van der Waals surface area (Å²) in [5.41, 5.74) is -1.97. The van der Waals surface area contributed by atoms with E-state index in [0.29, 0.717) is 12.0 Å². The van der Waals surface area contributed by atoms with Crippen molar-refractivity contribution < 1.29 is 28.3 Å². The zero-order chi connectivity index (χ0) is 17.1. The molecule has 0 aliphatic rings. The summed E-state index contributed by atoms with van der Waals surface area (Å²) in [5, 5.41) is 2.44. The number of rotatable bonds is 4. The Kier molecular flexibility index (Phi) is 5.01. The highest BCUT2D eigenvalue weighted by molar-refractivity contribution is 5.91. The molecule has 7 nitrogen and oxygen atoms in total. The number of amides is 1.